The van der Waals surface area contributed by atoms with E-state index in [1.165, 1.54) is 11.0 Å². The smallest absolute Gasteiger partial charge is 0.434 e. The van der Waals surface area contributed by atoms with Crippen LogP contribution >= 0.6 is 0 Å². The molecule has 0 unspecified atom stereocenters. The van der Waals surface area contributed by atoms with Crippen molar-refractivity contribution in [3.05, 3.63) is 94.3 Å². The molecule has 46 heavy (non-hydrogen) atoms. The van der Waals surface area contributed by atoms with Crippen LogP contribution in [0.1, 0.15) is 69.6 Å². The zero-order valence-electron chi connectivity index (χ0n) is 24.7. The van der Waals surface area contributed by atoms with Crippen molar-refractivity contribution in [2.24, 2.45) is 0 Å². The molecular weight excluding hydrogens is 614 g/mol. The number of fused-ring (bicyclic) bond motifs is 1. The number of benzene rings is 2. The molecule has 1 N–H and O–H groups in total. The molecule has 2 aliphatic rings. The van der Waals surface area contributed by atoms with E-state index in [1.807, 2.05) is 43.3 Å². The second-order valence-corrected chi connectivity index (χ2v) is 11.7. The predicted molar refractivity (Wildman–Crippen MR) is 156 cm³/mol. The number of alkyl halides is 6. The minimum Gasteiger partial charge on any atom is -0.485 e. The summed E-state index contributed by atoms with van der Waals surface area (Å²) in [5.41, 5.74) is 2.53. The highest BCUT2D eigenvalue weighted by atomic mass is 19.4. The predicted octanol–water partition coefficient (Wildman–Crippen LogP) is 7.77. The number of ether oxygens (including phenoxy) is 1. The largest absolute Gasteiger partial charge is 0.485 e. The molecule has 4 aromatic rings. The Morgan fingerprint density at radius 3 is 2.41 bits per heavy atom. The summed E-state index contributed by atoms with van der Waals surface area (Å²) in [6, 6.07) is 16.1. The number of likely N-dealkylation sites (tertiary alicyclic amines) is 1. The SMILES string of the molecule is Cc1cc(C2CCN(CC(F)(F)F)CC2)ccc1O[C@H]1CCc2cccc(-c3cccc(-n4ncc(C(=O)O)c4C(F)(F)F)n3)c21. The number of hydrogen-bond donors (Lipinski definition) is 1. The highest BCUT2D eigenvalue weighted by Gasteiger charge is 2.41. The standard InChI is InChI=1S/C33H30F6N4O3/c1-19-16-22(20-12-14-42(15-13-20)18-32(34,35)36)9-10-26(19)46-27-11-8-21-4-2-5-23(29(21)27)25-6-3-7-28(41-25)43-30(33(37,38)39)24(17-40-43)31(44)45/h2-7,9-10,16-17,20,27H,8,11-15,18H2,1H3,(H,44,45)/t27-/m0/s1. The van der Waals surface area contributed by atoms with E-state index in [2.05, 4.69) is 10.1 Å². The van der Waals surface area contributed by atoms with Gasteiger partial charge in [0.2, 0.25) is 0 Å². The number of carboxylic acids is 1. The quantitative estimate of drug-likeness (QED) is 0.207. The first kappa shape index (κ1) is 31.6. The highest BCUT2D eigenvalue weighted by Crippen LogP contribution is 2.42. The van der Waals surface area contributed by atoms with Gasteiger partial charge in [-0.15, -0.1) is 0 Å². The Labute approximate surface area is 260 Å². The lowest BCUT2D eigenvalue weighted by molar-refractivity contribution is -0.148. The van der Waals surface area contributed by atoms with Crippen LogP contribution in [-0.2, 0) is 12.6 Å². The Bertz CT molecular complexity index is 1760. The van der Waals surface area contributed by atoms with Crippen LogP contribution in [0, 0.1) is 6.92 Å². The fraction of sp³-hybridized carbons (Fsp3) is 0.364. The van der Waals surface area contributed by atoms with E-state index in [0.717, 1.165) is 28.7 Å². The molecule has 2 aromatic carbocycles. The van der Waals surface area contributed by atoms with Crippen LogP contribution in [-0.4, -0.2) is 56.6 Å². The summed E-state index contributed by atoms with van der Waals surface area (Å²) in [4.78, 5) is 17.4. The molecule has 1 saturated heterocycles. The van der Waals surface area contributed by atoms with Gasteiger partial charge in [-0.2, -0.15) is 31.4 Å². The van der Waals surface area contributed by atoms with Gasteiger partial charge < -0.3 is 9.84 Å². The third-order valence-electron chi connectivity index (χ3n) is 8.62. The average Bonchev–Trinajstić information content (AvgIpc) is 3.63. The van der Waals surface area contributed by atoms with Gasteiger partial charge in [0.25, 0.3) is 0 Å². The van der Waals surface area contributed by atoms with Crippen LogP contribution in [0.3, 0.4) is 0 Å². The van der Waals surface area contributed by atoms with Crippen LogP contribution in [0.4, 0.5) is 26.3 Å². The van der Waals surface area contributed by atoms with Crippen LogP contribution in [0.15, 0.2) is 60.8 Å². The van der Waals surface area contributed by atoms with E-state index in [1.54, 1.807) is 12.1 Å². The molecule has 0 saturated carbocycles. The maximum absolute atomic E-state index is 13.9. The van der Waals surface area contributed by atoms with Crippen molar-refractivity contribution in [3.63, 3.8) is 0 Å². The summed E-state index contributed by atoms with van der Waals surface area (Å²) in [5.74, 6) is -1.10. The topological polar surface area (TPSA) is 80.5 Å². The van der Waals surface area contributed by atoms with Crippen LogP contribution < -0.4 is 4.74 Å². The number of nitrogens with zero attached hydrogens (tertiary/aromatic N) is 4. The number of pyridine rings is 1. The molecule has 242 valence electrons. The van der Waals surface area contributed by atoms with Gasteiger partial charge in [-0.3, -0.25) is 4.90 Å². The van der Waals surface area contributed by atoms with E-state index in [0.29, 0.717) is 60.2 Å². The van der Waals surface area contributed by atoms with E-state index in [4.69, 9.17) is 4.74 Å². The molecule has 1 fully saturated rings. The van der Waals surface area contributed by atoms with Crippen molar-refractivity contribution >= 4 is 5.97 Å². The third kappa shape index (κ3) is 6.46. The van der Waals surface area contributed by atoms with Gasteiger partial charge >= 0.3 is 18.3 Å². The molecule has 6 rings (SSSR count). The Morgan fingerprint density at radius 2 is 1.74 bits per heavy atom. The molecule has 2 aromatic heterocycles. The Balaban J connectivity index is 1.24. The molecule has 3 heterocycles. The maximum Gasteiger partial charge on any atom is 0.434 e. The van der Waals surface area contributed by atoms with E-state index in [9.17, 15) is 36.2 Å². The second-order valence-electron chi connectivity index (χ2n) is 11.7. The normalized spacial score (nSPS) is 17.7. The molecule has 0 bridgehead atoms. The van der Waals surface area contributed by atoms with Gasteiger partial charge in [-0.1, -0.05) is 36.4 Å². The summed E-state index contributed by atoms with van der Waals surface area (Å²) in [6.07, 6.45) is -6.21. The lowest BCUT2D eigenvalue weighted by atomic mass is 9.88. The summed E-state index contributed by atoms with van der Waals surface area (Å²) in [5, 5.41) is 13.0. The number of aromatic nitrogens is 3. The van der Waals surface area contributed by atoms with Gasteiger partial charge in [0.15, 0.2) is 11.5 Å². The van der Waals surface area contributed by atoms with Crippen molar-refractivity contribution in [2.75, 3.05) is 19.6 Å². The first-order valence-corrected chi connectivity index (χ1v) is 14.8. The first-order chi connectivity index (χ1) is 21.8. The molecule has 13 heteroatoms. The molecule has 1 aliphatic heterocycles. The fourth-order valence-electron chi connectivity index (χ4n) is 6.52. The molecule has 0 radical (unpaired) electrons. The lowest BCUT2D eigenvalue weighted by Crippen LogP contribution is -2.39. The number of carboxylic acid groups (broad SMARTS) is 1. The van der Waals surface area contributed by atoms with Gasteiger partial charge in [-0.25, -0.2) is 14.5 Å². The molecule has 0 spiro atoms. The molecule has 7 nitrogen and oxygen atoms in total. The summed E-state index contributed by atoms with van der Waals surface area (Å²) < 4.78 is 87.0. The molecular formula is C33H30F6N4O3. The summed E-state index contributed by atoms with van der Waals surface area (Å²) in [6.45, 7) is 1.81. The van der Waals surface area contributed by atoms with Crippen molar-refractivity contribution in [1.29, 1.82) is 0 Å². The molecule has 1 aliphatic carbocycles. The average molecular weight is 645 g/mol. The summed E-state index contributed by atoms with van der Waals surface area (Å²) >= 11 is 0. The Hall–Kier alpha value is -4.39. The van der Waals surface area contributed by atoms with Crippen LogP contribution in [0.5, 0.6) is 5.75 Å². The molecule has 1 atom stereocenters. The van der Waals surface area contributed by atoms with Crippen LogP contribution in [0.25, 0.3) is 17.1 Å². The van der Waals surface area contributed by atoms with E-state index < -0.39 is 36.1 Å². The minimum atomic E-state index is -4.98. The van der Waals surface area contributed by atoms with Gasteiger partial charge in [0, 0.05) is 11.1 Å². The zero-order valence-corrected chi connectivity index (χ0v) is 24.7. The Morgan fingerprint density at radius 1 is 1.00 bits per heavy atom. The summed E-state index contributed by atoms with van der Waals surface area (Å²) in [7, 11) is 0. The van der Waals surface area contributed by atoms with Crippen molar-refractivity contribution in [3.8, 4) is 22.8 Å². The number of hydrogen-bond acceptors (Lipinski definition) is 5. The first-order valence-electron chi connectivity index (χ1n) is 14.8. The van der Waals surface area contributed by atoms with Crippen molar-refractivity contribution < 1.29 is 41.0 Å². The van der Waals surface area contributed by atoms with E-state index >= 15 is 0 Å². The number of rotatable bonds is 7. The number of aromatic carboxylic acids is 1. The second kappa shape index (κ2) is 12.1. The fourth-order valence-corrected chi connectivity index (χ4v) is 6.52. The highest BCUT2D eigenvalue weighted by molar-refractivity contribution is 5.89. The Kier molecular flexibility index (Phi) is 8.30. The van der Waals surface area contributed by atoms with Gasteiger partial charge in [0.1, 0.15) is 17.4 Å². The van der Waals surface area contributed by atoms with Crippen LogP contribution in [0.2, 0.25) is 0 Å². The van der Waals surface area contributed by atoms with Crippen molar-refractivity contribution in [2.45, 2.75) is 57.0 Å². The van der Waals surface area contributed by atoms with Crippen molar-refractivity contribution in [1.82, 2.24) is 19.7 Å². The minimum absolute atomic E-state index is 0.161. The number of halogens is 6. The molecule has 0 amide bonds. The zero-order chi connectivity index (χ0) is 32.8. The lowest BCUT2D eigenvalue weighted by Gasteiger charge is -2.32. The number of piperidine rings is 1. The maximum atomic E-state index is 13.9. The van der Waals surface area contributed by atoms with E-state index in [-0.39, 0.29) is 17.8 Å². The monoisotopic (exact) mass is 644 g/mol. The number of carbonyl (C=O) groups is 1. The van der Waals surface area contributed by atoms with Gasteiger partial charge in [-0.05, 0) is 86.5 Å². The third-order valence-corrected chi connectivity index (χ3v) is 8.62. The number of aryl methyl sites for hydroxylation is 2. The van der Waals surface area contributed by atoms with Gasteiger partial charge in [0.05, 0.1) is 18.4 Å².